The molecule has 3 saturated carbocycles. The van der Waals surface area contributed by atoms with Crippen molar-refractivity contribution in [3.63, 3.8) is 0 Å². The Balaban J connectivity index is 1.76. The largest absolute Gasteiger partial charge is 0.504 e. The predicted molar refractivity (Wildman–Crippen MR) is 108 cm³/mol. The molecule has 0 bridgehead atoms. The number of carbonyl (C=O) groups is 3. The highest BCUT2D eigenvalue weighted by molar-refractivity contribution is 6.04. The number of fused-ring (bicyclic) bond motifs is 5. The lowest BCUT2D eigenvalue weighted by atomic mass is 9.44. The Morgan fingerprint density at radius 1 is 1.17 bits per heavy atom. The summed E-state index contributed by atoms with van der Waals surface area (Å²) in [5.74, 6) is -0.169. The molecular formula is C24H32O5. The van der Waals surface area contributed by atoms with Gasteiger partial charge in [-0.15, -0.1) is 0 Å². The van der Waals surface area contributed by atoms with Gasteiger partial charge >= 0.3 is 5.97 Å². The highest BCUT2D eigenvalue weighted by atomic mass is 16.4. The topological polar surface area (TPSA) is 91.7 Å². The van der Waals surface area contributed by atoms with Gasteiger partial charge in [0, 0.05) is 10.8 Å². The van der Waals surface area contributed by atoms with Crippen LogP contribution >= 0.6 is 0 Å². The highest BCUT2D eigenvalue weighted by Crippen LogP contribution is 2.71. The molecule has 4 aliphatic carbocycles. The van der Waals surface area contributed by atoms with Gasteiger partial charge in [0.2, 0.25) is 5.78 Å². The number of rotatable bonds is 3. The van der Waals surface area contributed by atoms with Crippen molar-refractivity contribution in [2.75, 3.05) is 0 Å². The highest BCUT2D eigenvalue weighted by Gasteiger charge is 2.66. The minimum atomic E-state index is -0.892. The van der Waals surface area contributed by atoms with E-state index >= 15 is 0 Å². The van der Waals surface area contributed by atoms with Gasteiger partial charge in [0.1, 0.15) is 5.78 Å². The first-order valence-corrected chi connectivity index (χ1v) is 10.9. The number of aliphatic hydroxyl groups excluding tert-OH is 1. The molecule has 4 rings (SSSR count). The van der Waals surface area contributed by atoms with Gasteiger partial charge in [-0.2, -0.15) is 0 Å². The summed E-state index contributed by atoms with van der Waals surface area (Å²) in [6.07, 6.45) is 7.49. The first kappa shape index (κ1) is 20.4. The Morgan fingerprint density at radius 2 is 1.83 bits per heavy atom. The lowest BCUT2D eigenvalue weighted by molar-refractivity contribution is -0.154. The van der Waals surface area contributed by atoms with Crippen LogP contribution in [0.25, 0.3) is 0 Å². The van der Waals surface area contributed by atoms with E-state index in [9.17, 15) is 24.6 Å². The molecular weight excluding hydrogens is 368 g/mol. The normalized spacial score (nSPS) is 46.1. The third-order valence-corrected chi connectivity index (χ3v) is 9.45. The number of aliphatic carboxylic acids is 1. The zero-order valence-corrected chi connectivity index (χ0v) is 17.8. The van der Waals surface area contributed by atoms with Crippen LogP contribution < -0.4 is 0 Å². The molecule has 0 aromatic heterocycles. The lowest BCUT2D eigenvalue weighted by Gasteiger charge is -2.60. The summed E-state index contributed by atoms with van der Waals surface area (Å²) in [5, 5.41) is 19.8. The molecule has 2 N–H and O–H groups in total. The minimum absolute atomic E-state index is 0.0137. The molecule has 0 saturated heterocycles. The zero-order valence-electron chi connectivity index (χ0n) is 17.8. The second kappa shape index (κ2) is 6.29. The van der Waals surface area contributed by atoms with Crippen LogP contribution in [0.1, 0.15) is 66.2 Å². The summed E-state index contributed by atoms with van der Waals surface area (Å²) in [5.41, 5.74) is -0.330. The van der Waals surface area contributed by atoms with Crippen molar-refractivity contribution in [1.29, 1.82) is 0 Å². The lowest BCUT2D eigenvalue weighted by Crippen LogP contribution is -2.55. The molecule has 0 aliphatic heterocycles. The van der Waals surface area contributed by atoms with E-state index in [-0.39, 0.29) is 40.5 Å². The average molecular weight is 401 g/mol. The molecule has 0 amide bonds. The van der Waals surface area contributed by atoms with Crippen LogP contribution in [0.4, 0.5) is 0 Å². The van der Waals surface area contributed by atoms with Gasteiger partial charge in [-0.05, 0) is 80.3 Å². The third kappa shape index (κ3) is 2.55. The maximum atomic E-state index is 12.8. The van der Waals surface area contributed by atoms with Crippen LogP contribution in [0, 0.1) is 39.9 Å². The number of carbonyl (C=O) groups excluding carboxylic acids is 2. The van der Waals surface area contributed by atoms with Crippen molar-refractivity contribution >= 4 is 17.5 Å². The Morgan fingerprint density at radius 3 is 2.45 bits per heavy atom. The van der Waals surface area contributed by atoms with Gasteiger partial charge < -0.3 is 10.2 Å². The molecule has 7 atom stereocenters. The molecule has 5 heteroatoms. The van der Waals surface area contributed by atoms with Crippen molar-refractivity contribution in [3.8, 4) is 0 Å². The van der Waals surface area contributed by atoms with Crippen molar-refractivity contribution < 1.29 is 24.6 Å². The number of carboxylic acids is 1. The first-order chi connectivity index (χ1) is 13.5. The Hall–Kier alpha value is -1.91. The van der Waals surface area contributed by atoms with Gasteiger partial charge in [0.05, 0.1) is 6.42 Å². The molecule has 4 aliphatic rings. The van der Waals surface area contributed by atoms with E-state index in [2.05, 4.69) is 20.8 Å². The third-order valence-electron chi connectivity index (χ3n) is 9.45. The SMILES string of the molecule is CC(=O)[C@@]1(CC(=O)O)CC[C@H]2[C@@H]3C[C@H](C)C4=CC(=O)C(O)=C[C@]4(C)[C@H]3CC[C@@]21C. The van der Waals surface area contributed by atoms with E-state index in [0.29, 0.717) is 24.2 Å². The summed E-state index contributed by atoms with van der Waals surface area (Å²) in [4.78, 5) is 36.6. The zero-order chi connectivity index (χ0) is 21.4. The second-order valence-electron chi connectivity index (χ2n) is 10.5. The summed E-state index contributed by atoms with van der Waals surface area (Å²) >= 11 is 0. The summed E-state index contributed by atoms with van der Waals surface area (Å²) < 4.78 is 0. The molecule has 158 valence electrons. The van der Waals surface area contributed by atoms with Crippen molar-refractivity contribution in [2.24, 2.45) is 39.9 Å². The van der Waals surface area contributed by atoms with E-state index in [1.54, 1.807) is 19.1 Å². The van der Waals surface area contributed by atoms with Gasteiger partial charge in [-0.25, -0.2) is 0 Å². The number of ketones is 2. The quantitative estimate of drug-likeness (QED) is 0.729. The van der Waals surface area contributed by atoms with Gasteiger partial charge in [-0.3, -0.25) is 14.4 Å². The van der Waals surface area contributed by atoms with E-state index in [0.717, 1.165) is 31.3 Å². The number of aliphatic hydroxyl groups is 1. The van der Waals surface area contributed by atoms with Gasteiger partial charge in [-0.1, -0.05) is 26.3 Å². The Bertz CT molecular complexity index is 853. The number of carboxylic acid groups (broad SMARTS) is 1. The van der Waals surface area contributed by atoms with Crippen molar-refractivity contribution in [3.05, 3.63) is 23.5 Å². The van der Waals surface area contributed by atoms with E-state index in [4.69, 9.17) is 0 Å². The number of Topliss-reactive ketones (excluding diaryl/α,β-unsaturated/α-hetero) is 1. The van der Waals surface area contributed by atoms with Crippen molar-refractivity contribution in [2.45, 2.75) is 66.2 Å². The van der Waals surface area contributed by atoms with Crippen LogP contribution in [0.15, 0.2) is 23.5 Å². The molecule has 3 fully saturated rings. The first-order valence-electron chi connectivity index (χ1n) is 10.9. The van der Waals surface area contributed by atoms with Crippen LogP contribution in [0.2, 0.25) is 0 Å². The van der Waals surface area contributed by atoms with Crippen LogP contribution in [-0.4, -0.2) is 27.7 Å². The van der Waals surface area contributed by atoms with E-state index in [1.807, 2.05) is 0 Å². The number of hydrogen-bond acceptors (Lipinski definition) is 4. The molecule has 5 nitrogen and oxygen atoms in total. The average Bonchev–Trinajstić information content (AvgIpc) is 2.91. The van der Waals surface area contributed by atoms with Crippen LogP contribution in [-0.2, 0) is 14.4 Å². The summed E-state index contributed by atoms with van der Waals surface area (Å²) in [6, 6.07) is 0. The standard InChI is InChI=1S/C24H32O5/c1-13-9-15-16(22(3)11-20(27)19(26)10-18(13)22)5-7-23(4)17(15)6-8-24(23,14(2)25)12-21(28)29/h10-11,13,15-17,27H,5-9,12H2,1-4H3,(H,28,29)/t13-,15+,16-,17-,22+,23-,24-/m0/s1. The molecule has 0 aromatic carbocycles. The number of allylic oxidation sites excluding steroid dienone is 3. The predicted octanol–water partition coefficient (Wildman–Crippen LogP) is 4.48. The van der Waals surface area contributed by atoms with E-state index < -0.39 is 11.4 Å². The minimum Gasteiger partial charge on any atom is -0.504 e. The van der Waals surface area contributed by atoms with Crippen LogP contribution in [0.5, 0.6) is 0 Å². The molecule has 0 aromatic rings. The molecule has 0 radical (unpaired) electrons. The summed E-state index contributed by atoms with van der Waals surface area (Å²) in [6.45, 7) is 8.02. The summed E-state index contributed by atoms with van der Waals surface area (Å²) in [7, 11) is 0. The van der Waals surface area contributed by atoms with Crippen molar-refractivity contribution in [1.82, 2.24) is 0 Å². The molecule has 29 heavy (non-hydrogen) atoms. The Kier molecular flexibility index (Phi) is 4.42. The fourth-order valence-corrected chi connectivity index (χ4v) is 8.08. The molecule has 0 unspecified atom stereocenters. The number of hydrogen-bond donors (Lipinski definition) is 2. The Labute approximate surface area is 172 Å². The van der Waals surface area contributed by atoms with Gasteiger partial charge in [0.25, 0.3) is 0 Å². The van der Waals surface area contributed by atoms with E-state index in [1.165, 1.54) is 0 Å². The molecule has 0 heterocycles. The fourth-order valence-electron chi connectivity index (χ4n) is 8.08. The smallest absolute Gasteiger partial charge is 0.304 e. The maximum absolute atomic E-state index is 12.8. The fraction of sp³-hybridized carbons (Fsp3) is 0.708. The maximum Gasteiger partial charge on any atom is 0.304 e. The van der Waals surface area contributed by atoms with Crippen LogP contribution in [0.3, 0.4) is 0 Å². The monoisotopic (exact) mass is 400 g/mol. The van der Waals surface area contributed by atoms with Gasteiger partial charge in [0.15, 0.2) is 5.76 Å². The molecule has 0 spiro atoms. The second-order valence-corrected chi connectivity index (χ2v) is 10.5.